The van der Waals surface area contributed by atoms with Crippen LogP contribution in [0.5, 0.6) is 0 Å². The summed E-state index contributed by atoms with van der Waals surface area (Å²) < 4.78 is 0. The number of piperidine rings is 1. The lowest BCUT2D eigenvalue weighted by Crippen LogP contribution is -2.39. The molecule has 0 aromatic heterocycles. The minimum absolute atomic E-state index is 0.253. The SMILES string of the molecule is CC1=CC(C2CCC(C)CN2)=CCC1O. The van der Waals surface area contributed by atoms with Crippen LogP contribution >= 0.6 is 0 Å². The number of hydrogen-bond donors (Lipinski definition) is 2. The summed E-state index contributed by atoms with van der Waals surface area (Å²) in [5.41, 5.74) is 2.48. The minimum Gasteiger partial charge on any atom is -0.388 e. The van der Waals surface area contributed by atoms with Crippen molar-refractivity contribution in [3.63, 3.8) is 0 Å². The summed E-state index contributed by atoms with van der Waals surface area (Å²) in [5, 5.41) is 13.2. The molecule has 0 amide bonds. The molecule has 0 radical (unpaired) electrons. The van der Waals surface area contributed by atoms with Gasteiger partial charge < -0.3 is 10.4 Å². The fraction of sp³-hybridized carbons (Fsp3) is 0.692. The topological polar surface area (TPSA) is 32.3 Å². The van der Waals surface area contributed by atoms with E-state index < -0.39 is 0 Å². The molecule has 2 N–H and O–H groups in total. The predicted octanol–water partition coefficient (Wildman–Crippen LogP) is 2.01. The molecule has 2 nitrogen and oxygen atoms in total. The molecule has 1 saturated heterocycles. The van der Waals surface area contributed by atoms with Crippen LogP contribution in [-0.4, -0.2) is 23.8 Å². The van der Waals surface area contributed by atoms with Crippen LogP contribution in [0.4, 0.5) is 0 Å². The van der Waals surface area contributed by atoms with Gasteiger partial charge in [-0.2, -0.15) is 0 Å². The second-order valence-corrected chi connectivity index (χ2v) is 4.99. The molecule has 1 heterocycles. The smallest absolute Gasteiger partial charge is 0.0785 e. The van der Waals surface area contributed by atoms with E-state index in [1.807, 2.05) is 6.92 Å². The first-order chi connectivity index (χ1) is 7.16. The van der Waals surface area contributed by atoms with Crippen LogP contribution in [0.25, 0.3) is 0 Å². The number of nitrogens with one attached hydrogen (secondary N) is 1. The summed E-state index contributed by atoms with van der Waals surface area (Å²) in [6, 6.07) is 0.517. The standard InChI is InChI=1S/C13H21NO/c1-9-3-5-12(14-8-9)11-4-6-13(15)10(2)7-11/h4,7,9,12-15H,3,5-6,8H2,1-2H3. The zero-order valence-electron chi connectivity index (χ0n) is 9.66. The van der Waals surface area contributed by atoms with Gasteiger partial charge in [0.1, 0.15) is 0 Å². The summed E-state index contributed by atoms with van der Waals surface area (Å²) in [7, 11) is 0. The average Bonchev–Trinajstić information content (AvgIpc) is 2.23. The van der Waals surface area contributed by atoms with E-state index in [4.69, 9.17) is 0 Å². The van der Waals surface area contributed by atoms with Gasteiger partial charge in [-0.05, 0) is 49.8 Å². The number of rotatable bonds is 1. The fourth-order valence-electron chi connectivity index (χ4n) is 2.38. The normalized spacial score (nSPS) is 37.1. The van der Waals surface area contributed by atoms with Crippen LogP contribution in [0.1, 0.15) is 33.1 Å². The Morgan fingerprint density at radius 2 is 2.20 bits per heavy atom. The van der Waals surface area contributed by atoms with Crippen molar-refractivity contribution in [2.75, 3.05) is 6.54 Å². The molecule has 1 aliphatic carbocycles. The van der Waals surface area contributed by atoms with Crippen LogP contribution in [-0.2, 0) is 0 Å². The van der Waals surface area contributed by atoms with E-state index in [9.17, 15) is 5.11 Å². The number of aliphatic hydroxyl groups is 1. The van der Waals surface area contributed by atoms with Crippen LogP contribution < -0.4 is 5.32 Å². The third kappa shape index (κ3) is 2.50. The van der Waals surface area contributed by atoms with Gasteiger partial charge in [0.25, 0.3) is 0 Å². The van der Waals surface area contributed by atoms with Crippen LogP contribution in [0.15, 0.2) is 23.3 Å². The molecule has 0 spiro atoms. The highest BCUT2D eigenvalue weighted by molar-refractivity contribution is 5.33. The molecule has 0 saturated carbocycles. The molecule has 3 unspecified atom stereocenters. The van der Waals surface area contributed by atoms with E-state index in [1.54, 1.807) is 0 Å². The van der Waals surface area contributed by atoms with Gasteiger partial charge in [0.05, 0.1) is 6.10 Å². The molecule has 2 heteroatoms. The zero-order chi connectivity index (χ0) is 10.8. The highest BCUT2D eigenvalue weighted by atomic mass is 16.3. The van der Waals surface area contributed by atoms with Crippen molar-refractivity contribution in [3.05, 3.63) is 23.3 Å². The van der Waals surface area contributed by atoms with E-state index in [-0.39, 0.29) is 6.10 Å². The first-order valence-electron chi connectivity index (χ1n) is 5.96. The maximum Gasteiger partial charge on any atom is 0.0785 e. The molecule has 0 aromatic carbocycles. The van der Waals surface area contributed by atoms with Crippen LogP contribution in [0.2, 0.25) is 0 Å². The molecule has 3 atom stereocenters. The maximum atomic E-state index is 9.60. The summed E-state index contributed by atoms with van der Waals surface area (Å²) in [5.74, 6) is 0.807. The molecule has 1 aliphatic heterocycles. The lowest BCUT2D eigenvalue weighted by molar-refractivity contribution is 0.211. The molecule has 0 bridgehead atoms. The minimum atomic E-state index is -0.253. The highest BCUT2D eigenvalue weighted by Crippen LogP contribution is 2.25. The Morgan fingerprint density at radius 3 is 2.80 bits per heavy atom. The van der Waals surface area contributed by atoms with Crippen molar-refractivity contribution < 1.29 is 5.11 Å². The van der Waals surface area contributed by atoms with Crippen molar-refractivity contribution in [1.82, 2.24) is 5.32 Å². The van der Waals surface area contributed by atoms with E-state index in [0.717, 1.165) is 24.5 Å². The highest BCUT2D eigenvalue weighted by Gasteiger charge is 2.22. The Balaban J connectivity index is 2.00. The molecule has 2 aliphatic rings. The van der Waals surface area contributed by atoms with Crippen molar-refractivity contribution in [1.29, 1.82) is 0 Å². The van der Waals surface area contributed by atoms with Crippen molar-refractivity contribution >= 4 is 0 Å². The van der Waals surface area contributed by atoms with Gasteiger partial charge in [0, 0.05) is 6.04 Å². The quantitative estimate of drug-likeness (QED) is 0.689. The summed E-state index contributed by atoms with van der Waals surface area (Å²) >= 11 is 0. The average molecular weight is 207 g/mol. The van der Waals surface area contributed by atoms with E-state index in [0.29, 0.717) is 6.04 Å². The Labute approximate surface area is 92.1 Å². The van der Waals surface area contributed by atoms with Gasteiger partial charge in [-0.1, -0.05) is 19.1 Å². The first kappa shape index (κ1) is 10.9. The predicted molar refractivity (Wildman–Crippen MR) is 62.7 cm³/mol. The molecular formula is C13H21NO. The third-order valence-corrected chi connectivity index (χ3v) is 3.56. The van der Waals surface area contributed by atoms with E-state index in [1.165, 1.54) is 18.4 Å². The van der Waals surface area contributed by atoms with Gasteiger partial charge in [-0.25, -0.2) is 0 Å². The van der Waals surface area contributed by atoms with Crippen molar-refractivity contribution in [3.8, 4) is 0 Å². The molecule has 84 valence electrons. The Kier molecular flexibility index (Phi) is 3.27. The molecule has 15 heavy (non-hydrogen) atoms. The first-order valence-corrected chi connectivity index (χ1v) is 5.96. The summed E-state index contributed by atoms with van der Waals surface area (Å²) in [6.07, 6.45) is 7.41. The summed E-state index contributed by atoms with van der Waals surface area (Å²) in [6.45, 7) is 5.43. The largest absolute Gasteiger partial charge is 0.388 e. The fourth-order valence-corrected chi connectivity index (χ4v) is 2.38. The van der Waals surface area contributed by atoms with Gasteiger partial charge in [0.2, 0.25) is 0 Å². The van der Waals surface area contributed by atoms with Crippen molar-refractivity contribution in [2.45, 2.75) is 45.3 Å². The molecular weight excluding hydrogens is 186 g/mol. The Morgan fingerprint density at radius 1 is 1.40 bits per heavy atom. The molecule has 0 aromatic rings. The van der Waals surface area contributed by atoms with Crippen LogP contribution in [0, 0.1) is 5.92 Å². The second-order valence-electron chi connectivity index (χ2n) is 4.99. The lowest BCUT2D eigenvalue weighted by Gasteiger charge is -2.30. The Bertz CT molecular complexity index is 285. The van der Waals surface area contributed by atoms with Gasteiger partial charge >= 0.3 is 0 Å². The lowest BCUT2D eigenvalue weighted by atomic mass is 9.87. The van der Waals surface area contributed by atoms with E-state index in [2.05, 4.69) is 24.4 Å². The van der Waals surface area contributed by atoms with Gasteiger partial charge in [0.15, 0.2) is 0 Å². The van der Waals surface area contributed by atoms with E-state index >= 15 is 0 Å². The monoisotopic (exact) mass is 207 g/mol. The van der Waals surface area contributed by atoms with Crippen molar-refractivity contribution in [2.24, 2.45) is 5.92 Å². The van der Waals surface area contributed by atoms with Crippen LogP contribution in [0.3, 0.4) is 0 Å². The summed E-state index contributed by atoms with van der Waals surface area (Å²) in [4.78, 5) is 0. The van der Waals surface area contributed by atoms with Gasteiger partial charge in [-0.15, -0.1) is 0 Å². The molecule has 2 rings (SSSR count). The Hall–Kier alpha value is -0.600. The molecule has 1 fully saturated rings. The maximum absolute atomic E-state index is 9.60. The second kappa shape index (κ2) is 4.50. The third-order valence-electron chi connectivity index (χ3n) is 3.56. The van der Waals surface area contributed by atoms with Gasteiger partial charge in [-0.3, -0.25) is 0 Å². The zero-order valence-corrected chi connectivity index (χ0v) is 9.66. The number of aliphatic hydroxyl groups excluding tert-OH is 1. The number of hydrogen-bond acceptors (Lipinski definition) is 2.